The molecule has 0 saturated carbocycles. The van der Waals surface area contributed by atoms with Crippen molar-refractivity contribution in [1.29, 1.82) is 0 Å². The molecule has 1 aromatic rings. The molecule has 0 aromatic carbocycles. The first-order valence-electron chi connectivity index (χ1n) is 6.89. The number of aryl methyl sites for hydroxylation is 1. The lowest BCUT2D eigenvalue weighted by atomic mass is 9.97. The maximum absolute atomic E-state index is 5.48. The van der Waals surface area contributed by atoms with Crippen LogP contribution in [0.3, 0.4) is 0 Å². The van der Waals surface area contributed by atoms with E-state index in [1.54, 1.807) is 0 Å². The van der Waals surface area contributed by atoms with Gasteiger partial charge >= 0.3 is 0 Å². The third-order valence-electron chi connectivity index (χ3n) is 3.59. The second kappa shape index (κ2) is 6.29. The van der Waals surface area contributed by atoms with Crippen molar-refractivity contribution in [3.8, 4) is 0 Å². The fourth-order valence-corrected chi connectivity index (χ4v) is 2.43. The summed E-state index contributed by atoms with van der Waals surface area (Å²) in [6.45, 7) is 10.5. The molecule has 1 N–H and O–H groups in total. The van der Waals surface area contributed by atoms with Gasteiger partial charge in [-0.2, -0.15) is 0 Å². The van der Waals surface area contributed by atoms with Gasteiger partial charge in [-0.15, -0.1) is 10.2 Å². The molecular weight excluding hydrogens is 228 g/mol. The summed E-state index contributed by atoms with van der Waals surface area (Å²) in [4.78, 5) is 2.43. The zero-order chi connectivity index (χ0) is 13.0. The molecule has 18 heavy (non-hydrogen) atoms. The minimum absolute atomic E-state index is 0.507. The van der Waals surface area contributed by atoms with E-state index in [9.17, 15) is 0 Å². The molecule has 0 spiro atoms. The number of hydrogen-bond donors (Lipinski definition) is 1. The van der Waals surface area contributed by atoms with Crippen molar-refractivity contribution in [1.82, 2.24) is 20.4 Å². The number of rotatable bonds is 5. The summed E-state index contributed by atoms with van der Waals surface area (Å²) in [5.41, 5.74) is 0. The van der Waals surface area contributed by atoms with Gasteiger partial charge in [-0.05, 0) is 45.7 Å². The van der Waals surface area contributed by atoms with E-state index in [-0.39, 0.29) is 0 Å². The summed E-state index contributed by atoms with van der Waals surface area (Å²) in [5, 5.41) is 11.4. The molecule has 0 aliphatic carbocycles. The van der Waals surface area contributed by atoms with Gasteiger partial charge in [-0.1, -0.05) is 0 Å². The van der Waals surface area contributed by atoms with Gasteiger partial charge in [0.1, 0.15) is 0 Å². The Bertz CT molecular complexity index is 358. The molecule has 5 heteroatoms. The number of nitrogens with one attached hydrogen (secondary N) is 1. The first-order valence-corrected chi connectivity index (χ1v) is 6.89. The van der Waals surface area contributed by atoms with Crippen molar-refractivity contribution in [3.05, 3.63) is 11.8 Å². The van der Waals surface area contributed by atoms with Crippen molar-refractivity contribution < 1.29 is 4.42 Å². The summed E-state index contributed by atoms with van der Waals surface area (Å²) >= 11 is 0. The normalized spacial score (nSPS) is 17.8. The summed E-state index contributed by atoms with van der Waals surface area (Å²) in [6.07, 6.45) is 2.54. The minimum atomic E-state index is 0.507. The topological polar surface area (TPSA) is 54.2 Å². The van der Waals surface area contributed by atoms with Crippen molar-refractivity contribution in [2.75, 3.05) is 19.6 Å². The van der Waals surface area contributed by atoms with Gasteiger partial charge in [0.15, 0.2) is 0 Å². The molecular formula is C13H24N4O. The fraction of sp³-hybridized carbons (Fsp3) is 0.846. The van der Waals surface area contributed by atoms with Crippen molar-refractivity contribution in [3.63, 3.8) is 0 Å². The first-order chi connectivity index (χ1) is 8.65. The maximum Gasteiger partial charge on any atom is 0.230 e. The largest absolute Gasteiger partial charge is 0.424 e. The summed E-state index contributed by atoms with van der Waals surface area (Å²) < 4.78 is 5.48. The van der Waals surface area contributed by atoms with Crippen LogP contribution in [0.5, 0.6) is 0 Å². The van der Waals surface area contributed by atoms with Crippen molar-refractivity contribution in [2.24, 2.45) is 5.92 Å². The van der Waals surface area contributed by atoms with Gasteiger partial charge in [0.2, 0.25) is 11.8 Å². The molecule has 1 aliphatic heterocycles. The second-order valence-electron chi connectivity index (χ2n) is 5.43. The minimum Gasteiger partial charge on any atom is -0.424 e. The highest BCUT2D eigenvalue weighted by Gasteiger charge is 2.20. The van der Waals surface area contributed by atoms with Gasteiger partial charge in [0.25, 0.3) is 0 Å². The highest BCUT2D eigenvalue weighted by Crippen LogP contribution is 2.17. The Labute approximate surface area is 109 Å². The van der Waals surface area contributed by atoms with Crippen LogP contribution in [-0.2, 0) is 6.54 Å². The Hall–Kier alpha value is -0.940. The lowest BCUT2D eigenvalue weighted by molar-refractivity contribution is 0.148. The van der Waals surface area contributed by atoms with Crippen LogP contribution in [0.4, 0.5) is 0 Å². The van der Waals surface area contributed by atoms with E-state index >= 15 is 0 Å². The Kier molecular flexibility index (Phi) is 4.72. The molecule has 2 rings (SSSR count). The SMILES string of the molecule is Cc1nnc(CN(CC2CCNCC2)C(C)C)o1. The van der Waals surface area contributed by atoms with Crippen LogP contribution in [0.1, 0.15) is 38.5 Å². The van der Waals surface area contributed by atoms with Gasteiger partial charge in [0, 0.05) is 19.5 Å². The van der Waals surface area contributed by atoms with Crippen LogP contribution >= 0.6 is 0 Å². The zero-order valence-electron chi connectivity index (χ0n) is 11.6. The lowest BCUT2D eigenvalue weighted by Crippen LogP contribution is -2.39. The average Bonchev–Trinajstić information content (AvgIpc) is 2.75. The standard InChI is InChI=1S/C13H24N4O/c1-10(2)17(8-12-4-6-14-7-5-12)9-13-16-15-11(3)18-13/h10,12,14H,4-9H2,1-3H3. The Morgan fingerprint density at radius 1 is 1.33 bits per heavy atom. The molecule has 0 bridgehead atoms. The molecule has 5 nitrogen and oxygen atoms in total. The first kappa shape index (κ1) is 13.5. The smallest absolute Gasteiger partial charge is 0.230 e. The molecule has 1 fully saturated rings. The van der Waals surface area contributed by atoms with Crippen LogP contribution < -0.4 is 5.32 Å². The van der Waals surface area contributed by atoms with E-state index in [0.717, 1.165) is 38.0 Å². The van der Waals surface area contributed by atoms with Crippen LogP contribution in [0.15, 0.2) is 4.42 Å². The monoisotopic (exact) mass is 252 g/mol. The lowest BCUT2D eigenvalue weighted by Gasteiger charge is -2.31. The van der Waals surface area contributed by atoms with E-state index in [4.69, 9.17) is 4.42 Å². The number of aromatic nitrogens is 2. The van der Waals surface area contributed by atoms with E-state index in [1.165, 1.54) is 12.8 Å². The Morgan fingerprint density at radius 3 is 2.61 bits per heavy atom. The van der Waals surface area contributed by atoms with Gasteiger partial charge in [0.05, 0.1) is 6.54 Å². The van der Waals surface area contributed by atoms with Crippen molar-refractivity contribution in [2.45, 2.75) is 46.2 Å². The predicted molar refractivity (Wildman–Crippen MR) is 70.2 cm³/mol. The molecule has 1 aliphatic rings. The fourth-order valence-electron chi connectivity index (χ4n) is 2.43. The quantitative estimate of drug-likeness (QED) is 0.862. The average molecular weight is 252 g/mol. The third-order valence-corrected chi connectivity index (χ3v) is 3.59. The highest BCUT2D eigenvalue weighted by atomic mass is 16.4. The zero-order valence-corrected chi connectivity index (χ0v) is 11.6. The van der Waals surface area contributed by atoms with Crippen LogP contribution in [0, 0.1) is 12.8 Å². The molecule has 2 heterocycles. The van der Waals surface area contributed by atoms with E-state index < -0.39 is 0 Å². The molecule has 1 saturated heterocycles. The van der Waals surface area contributed by atoms with Gasteiger partial charge < -0.3 is 9.73 Å². The second-order valence-corrected chi connectivity index (χ2v) is 5.43. The van der Waals surface area contributed by atoms with Crippen LogP contribution in [0.25, 0.3) is 0 Å². The Morgan fingerprint density at radius 2 is 2.06 bits per heavy atom. The van der Waals surface area contributed by atoms with E-state index in [2.05, 4.69) is 34.3 Å². The van der Waals surface area contributed by atoms with Crippen molar-refractivity contribution >= 4 is 0 Å². The van der Waals surface area contributed by atoms with Gasteiger partial charge in [-0.25, -0.2) is 0 Å². The molecule has 0 radical (unpaired) electrons. The van der Waals surface area contributed by atoms with Crippen LogP contribution in [-0.4, -0.2) is 40.8 Å². The molecule has 0 amide bonds. The maximum atomic E-state index is 5.48. The number of nitrogens with zero attached hydrogens (tertiary/aromatic N) is 3. The van der Waals surface area contributed by atoms with Crippen LogP contribution in [0.2, 0.25) is 0 Å². The number of piperidine rings is 1. The molecule has 0 atom stereocenters. The summed E-state index contributed by atoms with van der Waals surface area (Å²) in [7, 11) is 0. The Balaban J connectivity index is 1.90. The molecule has 102 valence electrons. The van der Waals surface area contributed by atoms with Gasteiger partial charge in [-0.3, -0.25) is 4.90 Å². The van der Waals surface area contributed by atoms with E-state index in [0.29, 0.717) is 11.9 Å². The third kappa shape index (κ3) is 3.78. The number of hydrogen-bond acceptors (Lipinski definition) is 5. The summed E-state index contributed by atoms with van der Waals surface area (Å²) in [5.74, 6) is 2.17. The van der Waals surface area contributed by atoms with E-state index in [1.807, 2.05) is 6.92 Å². The molecule has 1 aromatic heterocycles. The highest BCUT2D eigenvalue weighted by molar-refractivity contribution is 4.82. The predicted octanol–water partition coefficient (Wildman–Crippen LogP) is 1.59. The summed E-state index contributed by atoms with van der Waals surface area (Å²) in [6, 6.07) is 0.507. The molecule has 0 unspecified atom stereocenters.